The van der Waals surface area contributed by atoms with Crippen LogP contribution in [0.5, 0.6) is 0 Å². The van der Waals surface area contributed by atoms with E-state index in [1.165, 1.54) is 24.3 Å². The van der Waals surface area contributed by atoms with Gasteiger partial charge in [0.05, 0.1) is 15.9 Å². The standard InChI is InChI=1S/C12H17NO5S2/c1-19(14,15)11-4-6-12(7-5-11)20(16,17)13-9-10-3-2-8-18-10/h4-7,10,13H,2-3,8-9H2,1H3. The molecule has 1 aliphatic rings. The average Bonchev–Trinajstić information content (AvgIpc) is 2.89. The van der Waals surface area contributed by atoms with E-state index >= 15 is 0 Å². The number of hydrogen-bond acceptors (Lipinski definition) is 5. The molecule has 0 amide bonds. The smallest absolute Gasteiger partial charge is 0.240 e. The van der Waals surface area contributed by atoms with Crippen molar-refractivity contribution in [3.63, 3.8) is 0 Å². The van der Waals surface area contributed by atoms with E-state index in [1.807, 2.05) is 0 Å². The minimum Gasteiger partial charge on any atom is -0.377 e. The second-order valence-corrected chi connectivity index (χ2v) is 8.51. The molecule has 0 aromatic heterocycles. The molecule has 1 saturated heterocycles. The molecular weight excluding hydrogens is 302 g/mol. The summed E-state index contributed by atoms with van der Waals surface area (Å²) >= 11 is 0. The van der Waals surface area contributed by atoms with Gasteiger partial charge in [0, 0.05) is 19.4 Å². The number of hydrogen-bond donors (Lipinski definition) is 1. The first-order chi connectivity index (χ1) is 9.29. The first-order valence-corrected chi connectivity index (χ1v) is 9.58. The van der Waals surface area contributed by atoms with Crippen molar-refractivity contribution in [3.05, 3.63) is 24.3 Å². The fourth-order valence-corrected chi connectivity index (χ4v) is 3.65. The Kier molecular flexibility index (Phi) is 4.48. The zero-order chi connectivity index (χ0) is 14.8. The Balaban J connectivity index is 2.09. The molecule has 112 valence electrons. The molecule has 8 heteroatoms. The lowest BCUT2D eigenvalue weighted by Crippen LogP contribution is -2.31. The Morgan fingerprint density at radius 3 is 2.25 bits per heavy atom. The van der Waals surface area contributed by atoms with Crippen molar-refractivity contribution in [3.8, 4) is 0 Å². The van der Waals surface area contributed by atoms with Gasteiger partial charge in [-0.3, -0.25) is 0 Å². The van der Waals surface area contributed by atoms with Crippen LogP contribution < -0.4 is 4.72 Å². The van der Waals surface area contributed by atoms with Crippen molar-refractivity contribution in [1.29, 1.82) is 0 Å². The van der Waals surface area contributed by atoms with Gasteiger partial charge in [-0.25, -0.2) is 21.6 Å². The summed E-state index contributed by atoms with van der Waals surface area (Å²) in [5.41, 5.74) is 0. The van der Waals surface area contributed by atoms with Gasteiger partial charge in [0.2, 0.25) is 10.0 Å². The maximum atomic E-state index is 12.0. The van der Waals surface area contributed by atoms with E-state index in [0.717, 1.165) is 19.1 Å². The van der Waals surface area contributed by atoms with Crippen molar-refractivity contribution >= 4 is 19.9 Å². The zero-order valence-electron chi connectivity index (χ0n) is 11.1. The van der Waals surface area contributed by atoms with Crippen LogP contribution in [0.3, 0.4) is 0 Å². The summed E-state index contributed by atoms with van der Waals surface area (Å²) in [6.45, 7) is 0.894. The van der Waals surface area contributed by atoms with Crippen molar-refractivity contribution in [2.75, 3.05) is 19.4 Å². The Morgan fingerprint density at radius 2 is 1.75 bits per heavy atom. The van der Waals surface area contributed by atoms with Crippen molar-refractivity contribution < 1.29 is 21.6 Å². The highest BCUT2D eigenvalue weighted by atomic mass is 32.2. The van der Waals surface area contributed by atoms with E-state index in [-0.39, 0.29) is 22.4 Å². The van der Waals surface area contributed by atoms with Gasteiger partial charge in [-0.05, 0) is 37.1 Å². The van der Waals surface area contributed by atoms with Crippen LogP contribution in [-0.4, -0.2) is 42.3 Å². The lowest BCUT2D eigenvalue weighted by atomic mass is 10.2. The molecule has 1 aromatic rings. The predicted octanol–water partition coefficient (Wildman–Crippen LogP) is 0.547. The molecule has 1 fully saturated rings. The highest BCUT2D eigenvalue weighted by Crippen LogP contribution is 2.15. The molecule has 20 heavy (non-hydrogen) atoms. The molecule has 6 nitrogen and oxygen atoms in total. The molecule has 1 aromatic carbocycles. The summed E-state index contributed by atoms with van der Waals surface area (Å²) in [6, 6.07) is 5.15. The third-order valence-electron chi connectivity index (χ3n) is 3.09. The summed E-state index contributed by atoms with van der Waals surface area (Å²) in [4.78, 5) is 0.137. The molecule has 1 unspecified atom stereocenters. The Bertz CT molecular complexity index is 658. The highest BCUT2D eigenvalue weighted by Gasteiger charge is 2.20. The van der Waals surface area contributed by atoms with Gasteiger partial charge in [0.1, 0.15) is 0 Å². The molecule has 2 rings (SSSR count). The minimum atomic E-state index is -3.63. The maximum Gasteiger partial charge on any atom is 0.240 e. The van der Waals surface area contributed by atoms with E-state index < -0.39 is 19.9 Å². The first-order valence-electron chi connectivity index (χ1n) is 6.20. The molecule has 1 heterocycles. The van der Waals surface area contributed by atoms with E-state index in [0.29, 0.717) is 6.61 Å². The van der Waals surface area contributed by atoms with E-state index in [1.54, 1.807) is 0 Å². The van der Waals surface area contributed by atoms with Crippen LogP contribution in [0.15, 0.2) is 34.1 Å². The number of sulfonamides is 1. The van der Waals surface area contributed by atoms with Crippen LogP contribution in [0.1, 0.15) is 12.8 Å². The monoisotopic (exact) mass is 319 g/mol. The van der Waals surface area contributed by atoms with E-state index in [4.69, 9.17) is 4.74 Å². The number of sulfone groups is 1. The SMILES string of the molecule is CS(=O)(=O)c1ccc(S(=O)(=O)NCC2CCCO2)cc1. The summed E-state index contributed by atoms with van der Waals surface area (Å²) in [7, 11) is -6.96. The molecule has 0 saturated carbocycles. The van der Waals surface area contributed by atoms with E-state index in [9.17, 15) is 16.8 Å². The molecular formula is C12H17NO5S2. The molecule has 0 aliphatic carbocycles. The maximum absolute atomic E-state index is 12.0. The Hall–Kier alpha value is -0.960. The van der Waals surface area contributed by atoms with Crippen molar-refractivity contribution in [1.82, 2.24) is 4.72 Å². The molecule has 0 spiro atoms. The summed E-state index contributed by atoms with van der Waals surface area (Å²) in [5, 5.41) is 0. The number of ether oxygens (including phenoxy) is 1. The van der Waals surface area contributed by atoms with Crippen LogP contribution in [0.4, 0.5) is 0 Å². The Labute approximate surface area is 119 Å². The molecule has 1 N–H and O–H groups in total. The first kappa shape index (κ1) is 15.4. The second kappa shape index (κ2) is 5.80. The fourth-order valence-electron chi connectivity index (χ4n) is 1.96. The van der Waals surface area contributed by atoms with Gasteiger partial charge in [-0.1, -0.05) is 0 Å². The van der Waals surface area contributed by atoms with Gasteiger partial charge in [-0.15, -0.1) is 0 Å². The van der Waals surface area contributed by atoms with Crippen LogP contribution in [0.25, 0.3) is 0 Å². The fraction of sp³-hybridized carbons (Fsp3) is 0.500. The number of rotatable bonds is 5. The van der Waals surface area contributed by atoms with Crippen LogP contribution in [0, 0.1) is 0 Å². The van der Waals surface area contributed by atoms with Gasteiger partial charge in [0.15, 0.2) is 9.84 Å². The lowest BCUT2D eigenvalue weighted by Gasteiger charge is -2.11. The van der Waals surface area contributed by atoms with Gasteiger partial charge in [-0.2, -0.15) is 0 Å². The second-order valence-electron chi connectivity index (χ2n) is 4.73. The molecule has 1 atom stereocenters. The minimum absolute atomic E-state index is 0.0443. The average molecular weight is 319 g/mol. The van der Waals surface area contributed by atoms with Crippen LogP contribution in [-0.2, 0) is 24.6 Å². The van der Waals surface area contributed by atoms with Gasteiger partial charge >= 0.3 is 0 Å². The zero-order valence-corrected chi connectivity index (χ0v) is 12.7. The highest BCUT2D eigenvalue weighted by molar-refractivity contribution is 7.90. The molecule has 1 aliphatic heterocycles. The summed E-state index contributed by atoms with van der Waals surface area (Å²) < 4.78 is 54.5. The number of benzene rings is 1. The molecule has 0 radical (unpaired) electrons. The van der Waals surface area contributed by atoms with Gasteiger partial charge in [0.25, 0.3) is 0 Å². The molecule has 0 bridgehead atoms. The normalized spacial score (nSPS) is 20.1. The largest absolute Gasteiger partial charge is 0.377 e. The van der Waals surface area contributed by atoms with E-state index in [2.05, 4.69) is 4.72 Å². The lowest BCUT2D eigenvalue weighted by molar-refractivity contribution is 0.114. The van der Waals surface area contributed by atoms with Gasteiger partial charge < -0.3 is 4.74 Å². The topological polar surface area (TPSA) is 89.5 Å². The van der Waals surface area contributed by atoms with Crippen LogP contribution >= 0.6 is 0 Å². The van der Waals surface area contributed by atoms with Crippen LogP contribution in [0.2, 0.25) is 0 Å². The van der Waals surface area contributed by atoms with Crippen molar-refractivity contribution in [2.24, 2.45) is 0 Å². The van der Waals surface area contributed by atoms with Crippen molar-refractivity contribution in [2.45, 2.75) is 28.7 Å². The summed E-state index contributed by atoms with van der Waals surface area (Å²) in [6.07, 6.45) is 2.78. The Morgan fingerprint density at radius 1 is 1.15 bits per heavy atom. The quantitative estimate of drug-likeness (QED) is 0.856. The third-order valence-corrected chi connectivity index (χ3v) is 5.66. The number of nitrogens with one attached hydrogen (secondary N) is 1. The predicted molar refractivity (Wildman–Crippen MR) is 73.7 cm³/mol. The third kappa shape index (κ3) is 3.78. The summed E-state index contributed by atoms with van der Waals surface area (Å²) in [5.74, 6) is 0.